The van der Waals surface area contributed by atoms with Crippen LogP contribution in [0, 0.1) is 0 Å². The van der Waals surface area contributed by atoms with Crippen LogP contribution in [0.1, 0.15) is 109 Å². The van der Waals surface area contributed by atoms with Crippen LogP contribution < -0.4 is 5.32 Å². The fourth-order valence-corrected chi connectivity index (χ4v) is 5.18. The average Bonchev–Trinajstić information content (AvgIpc) is 2.73. The van der Waals surface area contributed by atoms with Gasteiger partial charge in [-0.25, -0.2) is 0 Å². The van der Waals surface area contributed by atoms with Gasteiger partial charge in [0.15, 0.2) is 0 Å². The quantitative estimate of drug-likeness (QED) is 0.453. The van der Waals surface area contributed by atoms with E-state index in [1.807, 2.05) is 24.3 Å². The maximum absolute atomic E-state index is 13.4. The van der Waals surface area contributed by atoms with E-state index in [0.717, 1.165) is 35.1 Å². The van der Waals surface area contributed by atoms with Crippen molar-refractivity contribution in [1.82, 2.24) is 5.32 Å². The highest BCUT2D eigenvalue weighted by Gasteiger charge is 2.35. The van der Waals surface area contributed by atoms with Crippen molar-refractivity contribution in [3.8, 4) is 11.5 Å². The Kier molecular flexibility index (Phi) is 7.40. The molecule has 34 heavy (non-hydrogen) atoms. The molecule has 0 bridgehead atoms. The van der Waals surface area contributed by atoms with Gasteiger partial charge in [-0.05, 0) is 58.1 Å². The van der Waals surface area contributed by atoms with E-state index in [0.29, 0.717) is 6.42 Å². The smallest absolute Gasteiger partial charge is 0.221 e. The van der Waals surface area contributed by atoms with Gasteiger partial charge in [-0.2, -0.15) is 0 Å². The lowest BCUT2D eigenvalue weighted by Crippen LogP contribution is -2.40. The molecule has 1 amide bonds. The first kappa shape index (κ1) is 26.1. The Balaban J connectivity index is 2.10. The molecule has 0 radical (unpaired) electrons. The second-order valence-electron chi connectivity index (χ2n) is 12.4. The van der Waals surface area contributed by atoms with Crippen molar-refractivity contribution in [2.45, 2.75) is 109 Å². The topological polar surface area (TPSA) is 69.6 Å². The Labute approximate surface area is 205 Å². The van der Waals surface area contributed by atoms with Crippen molar-refractivity contribution in [3.05, 3.63) is 58.7 Å². The Morgan fingerprint density at radius 2 is 1.24 bits per heavy atom. The van der Waals surface area contributed by atoms with Gasteiger partial charge in [0.1, 0.15) is 11.5 Å². The summed E-state index contributed by atoms with van der Waals surface area (Å²) in [4.78, 5) is 13.4. The van der Waals surface area contributed by atoms with Crippen LogP contribution in [0.4, 0.5) is 0 Å². The summed E-state index contributed by atoms with van der Waals surface area (Å²) in [6.07, 6.45) is 5.97. The van der Waals surface area contributed by atoms with Gasteiger partial charge in [0.05, 0.1) is 0 Å². The van der Waals surface area contributed by atoms with E-state index < -0.39 is 5.41 Å². The van der Waals surface area contributed by atoms with Crippen molar-refractivity contribution in [1.29, 1.82) is 0 Å². The predicted octanol–water partition coefficient (Wildman–Crippen LogP) is 6.84. The zero-order valence-electron chi connectivity index (χ0n) is 22.1. The summed E-state index contributed by atoms with van der Waals surface area (Å²) in [5.74, 6) is 0.586. The van der Waals surface area contributed by atoms with Crippen molar-refractivity contribution >= 4 is 5.91 Å². The molecular weight excluding hydrogens is 422 g/mol. The number of nitrogens with one attached hydrogen (secondary N) is 1. The van der Waals surface area contributed by atoms with Crippen molar-refractivity contribution in [2.75, 3.05) is 0 Å². The summed E-state index contributed by atoms with van der Waals surface area (Å²) >= 11 is 0. The van der Waals surface area contributed by atoms with E-state index >= 15 is 0 Å². The van der Waals surface area contributed by atoms with Gasteiger partial charge < -0.3 is 15.5 Å². The van der Waals surface area contributed by atoms with Crippen molar-refractivity contribution < 1.29 is 15.0 Å². The van der Waals surface area contributed by atoms with Crippen LogP contribution in [0.3, 0.4) is 0 Å². The van der Waals surface area contributed by atoms with E-state index in [1.54, 1.807) is 12.1 Å². The molecule has 1 saturated carbocycles. The monoisotopic (exact) mass is 465 g/mol. The molecule has 0 saturated heterocycles. The minimum absolute atomic E-state index is 0.0465. The van der Waals surface area contributed by atoms with Crippen LogP contribution >= 0.6 is 0 Å². The Morgan fingerprint density at radius 1 is 0.794 bits per heavy atom. The first-order valence-corrected chi connectivity index (χ1v) is 12.7. The number of hydrogen-bond donors (Lipinski definition) is 3. The molecule has 3 N–H and O–H groups in total. The lowest BCUT2D eigenvalue weighted by molar-refractivity contribution is -0.122. The van der Waals surface area contributed by atoms with Gasteiger partial charge in [0.25, 0.3) is 0 Å². The van der Waals surface area contributed by atoms with Gasteiger partial charge in [-0.15, -0.1) is 0 Å². The summed E-state index contributed by atoms with van der Waals surface area (Å²) in [7, 11) is 0. The fraction of sp³-hybridized carbons (Fsp3) is 0.567. The number of amides is 1. The average molecular weight is 466 g/mol. The molecule has 3 rings (SSSR count). The van der Waals surface area contributed by atoms with Crippen molar-refractivity contribution in [2.24, 2.45) is 0 Å². The van der Waals surface area contributed by atoms with E-state index in [1.165, 1.54) is 19.3 Å². The number of benzene rings is 2. The predicted molar refractivity (Wildman–Crippen MR) is 140 cm³/mol. The summed E-state index contributed by atoms with van der Waals surface area (Å²) in [6.45, 7) is 14.6. The van der Waals surface area contributed by atoms with Gasteiger partial charge in [-0.3, -0.25) is 4.79 Å². The summed E-state index contributed by atoms with van der Waals surface area (Å²) in [6, 6.07) is 11.7. The van der Waals surface area contributed by atoms with Gasteiger partial charge in [-0.1, -0.05) is 92.0 Å². The Hall–Kier alpha value is -2.49. The lowest BCUT2D eigenvalue weighted by atomic mass is 9.70. The second-order valence-corrected chi connectivity index (χ2v) is 12.4. The highest BCUT2D eigenvalue weighted by molar-refractivity contribution is 5.79. The second kappa shape index (κ2) is 9.64. The maximum Gasteiger partial charge on any atom is 0.221 e. The first-order valence-electron chi connectivity index (χ1n) is 12.7. The van der Waals surface area contributed by atoms with Crippen LogP contribution in [0.5, 0.6) is 11.5 Å². The largest absolute Gasteiger partial charge is 0.508 e. The van der Waals surface area contributed by atoms with Gasteiger partial charge >= 0.3 is 0 Å². The van der Waals surface area contributed by atoms with Crippen LogP contribution in [0.15, 0.2) is 36.4 Å². The highest BCUT2D eigenvalue weighted by atomic mass is 16.3. The third kappa shape index (κ3) is 5.76. The van der Waals surface area contributed by atoms with Crippen LogP contribution in [0.25, 0.3) is 0 Å². The van der Waals surface area contributed by atoms with Crippen molar-refractivity contribution in [3.63, 3.8) is 0 Å². The Bertz CT molecular complexity index is 957. The third-order valence-electron chi connectivity index (χ3n) is 7.37. The summed E-state index contributed by atoms with van der Waals surface area (Å²) in [5, 5.41) is 24.4. The summed E-state index contributed by atoms with van der Waals surface area (Å²) < 4.78 is 0. The molecule has 1 aliphatic rings. The van der Waals surface area contributed by atoms with E-state index in [4.69, 9.17) is 0 Å². The lowest BCUT2D eigenvalue weighted by Gasteiger charge is -2.34. The molecular formula is C30H43NO3. The third-order valence-corrected chi connectivity index (χ3v) is 7.37. The number of rotatable bonds is 5. The molecule has 2 aromatic rings. The van der Waals surface area contributed by atoms with E-state index in [9.17, 15) is 15.0 Å². The molecule has 186 valence electrons. The number of aromatic hydroxyl groups is 2. The minimum Gasteiger partial charge on any atom is -0.508 e. The zero-order valence-corrected chi connectivity index (χ0v) is 22.1. The molecule has 0 spiro atoms. The summed E-state index contributed by atoms with van der Waals surface area (Å²) in [5.41, 5.74) is 2.59. The molecule has 1 fully saturated rings. The van der Waals surface area contributed by atoms with Crippen LogP contribution in [-0.2, 0) is 21.0 Å². The highest BCUT2D eigenvalue weighted by Crippen LogP contribution is 2.42. The normalized spacial score (nSPS) is 15.9. The molecule has 0 heterocycles. The SMILES string of the molecule is CC(C)(C)c1cc(C(C)(CC(=O)NC2CCCCC2)c2ccc(O)c(C(C)(C)C)c2)ccc1O. The molecule has 4 heteroatoms. The van der Waals surface area contributed by atoms with Gasteiger partial charge in [0.2, 0.25) is 5.91 Å². The molecule has 2 aromatic carbocycles. The molecule has 0 unspecified atom stereocenters. The van der Waals surface area contributed by atoms with E-state index in [2.05, 4.69) is 53.8 Å². The van der Waals surface area contributed by atoms with E-state index in [-0.39, 0.29) is 34.3 Å². The maximum atomic E-state index is 13.4. The number of carbonyl (C=O) groups excluding carboxylic acids is 1. The number of phenolic OH excluding ortho intramolecular Hbond substituents is 2. The molecule has 1 aliphatic carbocycles. The van der Waals surface area contributed by atoms with Crippen LogP contribution in [-0.4, -0.2) is 22.2 Å². The fourth-order valence-electron chi connectivity index (χ4n) is 5.18. The molecule has 0 aliphatic heterocycles. The molecule has 0 atom stereocenters. The first-order chi connectivity index (χ1) is 15.7. The zero-order chi connectivity index (χ0) is 25.3. The van der Waals surface area contributed by atoms with Gasteiger partial charge in [0, 0.05) is 17.9 Å². The minimum atomic E-state index is -0.625. The standard InChI is InChI=1S/C30H43NO3/c1-28(2,3)23-17-20(13-15-25(23)32)30(7,19-27(34)31-22-11-9-8-10-12-22)21-14-16-26(33)24(18-21)29(4,5)6/h13-18,22,32-33H,8-12,19H2,1-7H3,(H,31,34). The molecule has 0 aromatic heterocycles. The number of carbonyl (C=O) groups is 1. The molecule has 4 nitrogen and oxygen atoms in total. The van der Waals surface area contributed by atoms with Crippen LogP contribution in [0.2, 0.25) is 0 Å². The number of phenols is 2. The number of hydrogen-bond acceptors (Lipinski definition) is 3. The Morgan fingerprint density at radius 3 is 1.65 bits per heavy atom.